The zero-order chi connectivity index (χ0) is 17.2. The third-order valence-electron chi connectivity index (χ3n) is 4.80. The second-order valence-electron chi connectivity index (χ2n) is 6.52. The summed E-state index contributed by atoms with van der Waals surface area (Å²) in [6, 6.07) is 7.52. The van der Waals surface area contributed by atoms with Crippen LogP contribution in [0.25, 0.3) is 0 Å². The molecule has 1 saturated heterocycles. The molecule has 0 spiro atoms. The van der Waals surface area contributed by atoms with Gasteiger partial charge in [-0.25, -0.2) is 8.42 Å². The van der Waals surface area contributed by atoms with E-state index in [2.05, 4.69) is 0 Å². The third kappa shape index (κ3) is 4.27. The van der Waals surface area contributed by atoms with Gasteiger partial charge in [0.1, 0.15) is 0 Å². The van der Waals surface area contributed by atoms with Gasteiger partial charge in [-0.15, -0.1) is 11.8 Å². The van der Waals surface area contributed by atoms with E-state index in [4.69, 9.17) is 11.6 Å². The lowest BCUT2D eigenvalue weighted by molar-refractivity contribution is -0.132. The molecule has 1 amide bonds. The molecule has 3 rings (SSSR count). The Balaban J connectivity index is 1.70. The number of benzene rings is 1. The molecular weight excluding hydrogens is 366 g/mol. The number of rotatable bonds is 5. The molecule has 4 nitrogen and oxygen atoms in total. The first-order valence-electron chi connectivity index (χ1n) is 8.35. The van der Waals surface area contributed by atoms with Gasteiger partial charge < -0.3 is 4.90 Å². The van der Waals surface area contributed by atoms with Crippen molar-refractivity contribution in [2.75, 3.05) is 17.3 Å². The normalized spacial score (nSPS) is 23.5. The minimum absolute atomic E-state index is 0.0360. The number of hydrogen-bond donors (Lipinski definition) is 0. The minimum atomic E-state index is -3.00. The first-order valence-corrected chi connectivity index (χ1v) is 11.5. The van der Waals surface area contributed by atoms with Crippen molar-refractivity contribution >= 4 is 39.1 Å². The van der Waals surface area contributed by atoms with Gasteiger partial charge in [-0.3, -0.25) is 4.79 Å². The minimum Gasteiger partial charge on any atom is -0.335 e. The lowest BCUT2D eigenvalue weighted by Crippen LogP contribution is -2.47. The molecule has 1 atom stereocenters. The van der Waals surface area contributed by atoms with Gasteiger partial charge in [-0.1, -0.05) is 36.6 Å². The molecule has 0 bridgehead atoms. The highest BCUT2D eigenvalue weighted by Crippen LogP contribution is 2.31. The van der Waals surface area contributed by atoms with E-state index in [0.717, 1.165) is 30.6 Å². The van der Waals surface area contributed by atoms with Gasteiger partial charge in [0.25, 0.3) is 0 Å². The first kappa shape index (κ1) is 18.1. The monoisotopic (exact) mass is 387 g/mol. The maximum atomic E-state index is 12.9. The van der Waals surface area contributed by atoms with Gasteiger partial charge in [-0.05, 0) is 31.4 Å². The zero-order valence-corrected chi connectivity index (χ0v) is 15.9. The topological polar surface area (TPSA) is 54.5 Å². The molecule has 1 saturated carbocycles. The molecule has 1 aliphatic heterocycles. The largest absolute Gasteiger partial charge is 0.335 e. The van der Waals surface area contributed by atoms with Crippen LogP contribution in [-0.2, 0) is 14.6 Å². The Hall–Kier alpha value is -0.720. The van der Waals surface area contributed by atoms with E-state index in [0.29, 0.717) is 17.2 Å². The van der Waals surface area contributed by atoms with Crippen LogP contribution in [0.15, 0.2) is 29.2 Å². The molecule has 0 radical (unpaired) electrons. The average molecular weight is 388 g/mol. The summed E-state index contributed by atoms with van der Waals surface area (Å²) in [7, 11) is -3.00. The Labute approximate surface area is 152 Å². The summed E-state index contributed by atoms with van der Waals surface area (Å²) in [5.74, 6) is 0.656. The molecule has 1 heterocycles. The molecule has 1 aromatic rings. The summed E-state index contributed by atoms with van der Waals surface area (Å²) < 4.78 is 23.7. The van der Waals surface area contributed by atoms with E-state index in [9.17, 15) is 13.2 Å². The summed E-state index contributed by atoms with van der Waals surface area (Å²) in [6.07, 6.45) is 4.77. The molecule has 0 N–H and O–H groups in total. The number of carbonyl (C=O) groups is 1. The predicted octanol–water partition coefficient (Wildman–Crippen LogP) is 3.39. The molecular formula is C17H22ClNO3S2. The van der Waals surface area contributed by atoms with E-state index in [1.165, 1.54) is 11.8 Å². The molecule has 1 aromatic carbocycles. The van der Waals surface area contributed by atoms with Crippen LogP contribution in [0.2, 0.25) is 5.02 Å². The Kier molecular flexibility index (Phi) is 5.78. The standard InChI is InChI=1S/C17H22ClNO3S2/c18-15-7-3-4-8-16(15)23-11-17(20)19(13-5-1-2-6-13)14-9-10-24(21,22)12-14/h3-4,7-8,13-14H,1-2,5-6,9-12H2. The van der Waals surface area contributed by atoms with Gasteiger partial charge in [0.15, 0.2) is 9.84 Å². The third-order valence-corrected chi connectivity index (χ3v) is 8.05. The second-order valence-corrected chi connectivity index (χ2v) is 10.2. The van der Waals surface area contributed by atoms with Crippen LogP contribution in [0.5, 0.6) is 0 Å². The van der Waals surface area contributed by atoms with Crippen LogP contribution in [-0.4, -0.2) is 48.6 Å². The summed E-state index contributed by atoms with van der Waals surface area (Å²) in [5, 5.41) is 0.645. The number of nitrogens with zero attached hydrogens (tertiary/aromatic N) is 1. The van der Waals surface area contributed by atoms with Gasteiger partial charge in [-0.2, -0.15) is 0 Å². The van der Waals surface area contributed by atoms with Crippen molar-refractivity contribution in [1.82, 2.24) is 4.90 Å². The summed E-state index contributed by atoms with van der Waals surface area (Å²) in [6.45, 7) is 0. The lowest BCUT2D eigenvalue weighted by Gasteiger charge is -2.34. The lowest BCUT2D eigenvalue weighted by atomic mass is 10.1. The van der Waals surface area contributed by atoms with Crippen molar-refractivity contribution in [3.05, 3.63) is 29.3 Å². The highest BCUT2D eigenvalue weighted by Gasteiger charge is 2.38. The number of thioether (sulfide) groups is 1. The van der Waals surface area contributed by atoms with Crippen molar-refractivity contribution in [3.8, 4) is 0 Å². The molecule has 7 heteroatoms. The van der Waals surface area contributed by atoms with E-state index in [1.807, 2.05) is 29.2 Å². The average Bonchev–Trinajstić information content (AvgIpc) is 3.17. The highest BCUT2D eigenvalue weighted by atomic mass is 35.5. The van der Waals surface area contributed by atoms with E-state index < -0.39 is 9.84 Å². The number of carbonyl (C=O) groups excluding carboxylic acids is 1. The van der Waals surface area contributed by atoms with Gasteiger partial charge in [0, 0.05) is 17.0 Å². The fourth-order valence-electron chi connectivity index (χ4n) is 3.66. The smallest absolute Gasteiger partial charge is 0.233 e. The van der Waals surface area contributed by atoms with Crippen LogP contribution in [0.4, 0.5) is 0 Å². The molecule has 1 unspecified atom stereocenters. The Morgan fingerprint density at radius 2 is 1.88 bits per heavy atom. The van der Waals surface area contributed by atoms with Crippen LogP contribution < -0.4 is 0 Å². The van der Waals surface area contributed by atoms with Crippen molar-refractivity contribution in [3.63, 3.8) is 0 Å². The maximum absolute atomic E-state index is 12.9. The second kappa shape index (κ2) is 7.67. The van der Waals surface area contributed by atoms with E-state index >= 15 is 0 Å². The van der Waals surface area contributed by atoms with Gasteiger partial charge in [0.2, 0.25) is 5.91 Å². The van der Waals surface area contributed by atoms with E-state index in [-0.39, 0.29) is 29.5 Å². The summed E-state index contributed by atoms with van der Waals surface area (Å²) in [5.41, 5.74) is 0. The SMILES string of the molecule is O=C(CSc1ccccc1Cl)N(C1CCCC1)C1CCS(=O)(=O)C1. The maximum Gasteiger partial charge on any atom is 0.233 e. The number of amides is 1. The van der Waals surface area contributed by atoms with Crippen molar-refractivity contribution < 1.29 is 13.2 Å². The predicted molar refractivity (Wildman–Crippen MR) is 98.3 cm³/mol. The van der Waals surface area contributed by atoms with Crippen LogP contribution >= 0.6 is 23.4 Å². The van der Waals surface area contributed by atoms with Crippen molar-refractivity contribution in [1.29, 1.82) is 0 Å². The molecule has 1 aliphatic carbocycles. The highest BCUT2D eigenvalue weighted by molar-refractivity contribution is 8.00. The van der Waals surface area contributed by atoms with Crippen molar-refractivity contribution in [2.45, 2.75) is 49.1 Å². The number of halogens is 1. The first-order chi connectivity index (χ1) is 11.5. The van der Waals surface area contributed by atoms with Crippen molar-refractivity contribution in [2.24, 2.45) is 0 Å². The fraction of sp³-hybridized carbons (Fsp3) is 0.588. The zero-order valence-electron chi connectivity index (χ0n) is 13.5. The van der Waals surface area contributed by atoms with Crippen LogP contribution in [0.3, 0.4) is 0 Å². The van der Waals surface area contributed by atoms with Crippen LogP contribution in [0.1, 0.15) is 32.1 Å². The molecule has 2 fully saturated rings. The number of sulfone groups is 1. The number of hydrogen-bond acceptors (Lipinski definition) is 4. The Morgan fingerprint density at radius 1 is 1.17 bits per heavy atom. The van der Waals surface area contributed by atoms with Crippen LogP contribution in [0, 0.1) is 0 Å². The molecule has 24 heavy (non-hydrogen) atoms. The molecule has 132 valence electrons. The Morgan fingerprint density at radius 3 is 2.50 bits per heavy atom. The molecule has 0 aromatic heterocycles. The van der Waals surface area contributed by atoms with Gasteiger partial charge in [0.05, 0.1) is 22.3 Å². The Bertz CT molecular complexity index is 702. The molecule has 2 aliphatic rings. The van der Waals surface area contributed by atoms with E-state index in [1.54, 1.807) is 0 Å². The van der Waals surface area contributed by atoms with Gasteiger partial charge >= 0.3 is 0 Å². The summed E-state index contributed by atoms with van der Waals surface area (Å²) in [4.78, 5) is 15.7. The summed E-state index contributed by atoms with van der Waals surface area (Å²) >= 11 is 7.58. The fourth-order valence-corrected chi connectivity index (χ4v) is 6.48. The quantitative estimate of drug-likeness (QED) is 0.726.